The van der Waals surface area contributed by atoms with Crippen LogP contribution in [-0.2, 0) is 52.7 Å². The van der Waals surface area contributed by atoms with Crippen LogP contribution < -0.4 is 86.7 Å². The molecular formula is C61H115N19O14. The molecule has 0 aromatic carbocycles. The predicted octanol–water partition coefficient (Wildman–Crippen LogP) is -0.833. The van der Waals surface area contributed by atoms with E-state index >= 15 is 0 Å². The number of aliphatic hydroxyl groups excluding tert-OH is 1. The summed E-state index contributed by atoms with van der Waals surface area (Å²) in [6.45, 7) is 8.19. The first-order chi connectivity index (χ1) is 44.6. The van der Waals surface area contributed by atoms with E-state index in [1.165, 1.54) is 51.9 Å². The van der Waals surface area contributed by atoms with Gasteiger partial charge in [0.2, 0.25) is 53.2 Å². The molecule has 0 aliphatic rings. The minimum Gasteiger partial charge on any atom is -0.481 e. The van der Waals surface area contributed by atoms with E-state index in [1.807, 2.05) is 13.8 Å². The highest BCUT2D eigenvalue weighted by Crippen LogP contribution is 2.15. The monoisotopic (exact) mass is 1340 g/mol. The molecule has 0 spiro atoms. The minimum atomic E-state index is -1.78. The summed E-state index contributed by atoms with van der Waals surface area (Å²) in [6.07, 6.45) is 13.7. The number of aliphatic carboxylic acids is 2. The summed E-state index contributed by atoms with van der Waals surface area (Å²) in [5.74, 6) is -12.0. The molecular weight excluding hydrogens is 1220 g/mol. The Kier molecular flexibility index (Phi) is 46.9. The molecule has 0 saturated heterocycles. The average molecular weight is 1340 g/mol. The molecule has 0 fully saturated rings. The van der Waals surface area contributed by atoms with Crippen LogP contribution in [0.3, 0.4) is 0 Å². The zero-order chi connectivity index (χ0) is 71.0. The van der Waals surface area contributed by atoms with Gasteiger partial charge in [-0.2, -0.15) is 0 Å². The molecule has 0 rings (SSSR count). The molecule has 0 heterocycles. The van der Waals surface area contributed by atoms with Gasteiger partial charge in [0, 0.05) is 38.5 Å². The van der Waals surface area contributed by atoms with Crippen molar-refractivity contribution in [2.24, 2.45) is 28.9 Å². The lowest BCUT2D eigenvalue weighted by Crippen LogP contribution is -2.60. The van der Waals surface area contributed by atoms with Crippen molar-refractivity contribution in [2.75, 3.05) is 32.8 Å². The van der Waals surface area contributed by atoms with E-state index in [4.69, 9.17) is 39.2 Å². The number of aliphatic hydroxyl groups is 1. The average Bonchev–Trinajstić information content (AvgIpc) is 1.00. The Labute approximate surface area is 553 Å². The molecule has 1 unspecified atom stereocenters. The molecule has 538 valence electrons. The fourth-order valence-corrected chi connectivity index (χ4v) is 9.70. The van der Waals surface area contributed by atoms with E-state index < -0.39 is 151 Å². The lowest BCUT2D eigenvalue weighted by atomic mass is 10.0. The summed E-state index contributed by atoms with van der Waals surface area (Å²) >= 11 is 0. The Morgan fingerprint density at radius 2 is 0.734 bits per heavy atom. The van der Waals surface area contributed by atoms with Gasteiger partial charge >= 0.3 is 11.9 Å². The third-order valence-corrected chi connectivity index (χ3v) is 15.7. The van der Waals surface area contributed by atoms with E-state index in [0.29, 0.717) is 19.3 Å². The number of nitrogens with two attached hydrogens (primary N) is 4. The quantitative estimate of drug-likeness (QED) is 0.0201. The first-order valence-electron chi connectivity index (χ1n) is 33.3. The Morgan fingerprint density at radius 3 is 1.11 bits per heavy atom. The van der Waals surface area contributed by atoms with Crippen LogP contribution in [0.25, 0.3) is 0 Å². The van der Waals surface area contributed by atoms with Gasteiger partial charge in [0.15, 0.2) is 17.9 Å². The second kappa shape index (κ2) is 51.3. The van der Waals surface area contributed by atoms with E-state index in [2.05, 4.69) is 70.7 Å². The molecule has 0 aliphatic carbocycles. The Balaban J connectivity index is 6.75. The lowest BCUT2D eigenvalue weighted by Gasteiger charge is -2.28. The van der Waals surface area contributed by atoms with Gasteiger partial charge < -0.3 is 102 Å². The molecule has 26 N–H and O–H groups in total. The van der Waals surface area contributed by atoms with Crippen molar-refractivity contribution in [1.82, 2.24) is 63.8 Å². The summed E-state index contributed by atoms with van der Waals surface area (Å²) in [7, 11) is 0. The molecule has 33 heteroatoms. The number of amides is 9. The number of unbranched alkanes of at least 4 members (excludes halogenated alkanes) is 13. The van der Waals surface area contributed by atoms with Crippen molar-refractivity contribution in [1.29, 1.82) is 16.2 Å². The fourth-order valence-electron chi connectivity index (χ4n) is 9.70. The summed E-state index contributed by atoms with van der Waals surface area (Å²) in [4.78, 5) is 148. The smallest absolute Gasteiger partial charge is 0.305 e. The summed E-state index contributed by atoms with van der Waals surface area (Å²) in [5, 5.41) is 82.7. The first-order valence-corrected chi connectivity index (χ1v) is 33.3. The van der Waals surface area contributed by atoms with Crippen molar-refractivity contribution < 1.29 is 68.1 Å². The zero-order valence-corrected chi connectivity index (χ0v) is 56.0. The molecule has 0 aliphatic heterocycles. The third-order valence-electron chi connectivity index (χ3n) is 15.7. The number of carboxylic acid groups (broad SMARTS) is 2. The summed E-state index contributed by atoms with van der Waals surface area (Å²) in [6, 6.07) is -12.5. The van der Waals surface area contributed by atoms with Crippen LogP contribution >= 0.6 is 0 Å². The zero-order valence-electron chi connectivity index (χ0n) is 56.0. The topological polar surface area (TPSA) is 568 Å². The van der Waals surface area contributed by atoms with Crippen LogP contribution in [0.4, 0.5) is 0 Å². The largest absolute Gasteiger partial charge is 0.481 e. The number of nitrogens with one attached hydrogen (secondary N) is 15. The molecule has 33 nitrogen and oxygen atoms in total. The first kappa shape index (κ1) is 85.9. The number of hydrogen-bond donors (Lipinski definition) is 22. The Hall–Kier alpha value is -8.10. The molecule has 94 heavy (non-hydrogen) atoms. The minimum absolute atomic E-state index is 0.00532. The fraction of sp³-hybridized carbons (Fsp3) is 0.770. The van der Waals surface area contributed by atoms with Crippen LogP contribution in [-0.4, -0.2) is 185 Å². The number of hydrogen-bond acceptors (Lipinski definition) is 16. The number of guanidine groups is 3. The maximum atomic E-state index is 14.5. The maximum absolute atomic E-state index is 14.5. The van der Waals surface area contributed by atoms with Crippen molar-refractivity contribution in [3.05, 3.63) is 0 Å². The summed E-state index contributed by atoms with van der Waals surface area (Å²) in [5.41, 5.74) is 22.2. The highest BCUT2D eigenvalue weighted by atomic mass is 16.4. The van der Waals surface area contributed by atoms with Crippen LogP contribution in [0, 0.1) is 22.1 Å². The molecule has 0 bridgehead atoms. The Morgan fingerprint density at radius 1 is 0.383 bits per heavy atom. The molecule has 9 amide bonds. The molecule has 0 saturated carbocycles. The SMILES string of the molecule is CCCCCCCCCCCCCCCC(=O)N[C@@H](CCCNC(=N)N)C(=O)N[C@@H](CCC(=O)O)C(=O)N[C@@H](CCCCN)C(=O)NC(CCCNC(=N)N)C(=O)N[C@@H](CCCNC(=N)N)C(=O)N[C@@H](CO)C(=O)N[C@@H](C)C(=O)N[C@@H](CC(=O)O)C(=O)N[C@H](C)[C@@H](C)CC. The van der Waals surface area contributed by atoms with Gasteiger partial charge in [-0.1, -0.05) is 104 Å². The molecule has 0 radical (unpaired) electrons. The Bertz CT molecular complexity index is 2370. The molecule has 0 aromatic heterocycles. The number of carboxylic acids is 2. The highest BCUT2D eigenvalue weighted by molar-refractivity contribution is 5.98. The number of carbonyl (C=O) groups is 11. The van der Waals surface area contributed by atoms with Gasteiger partial charge in [-0.15, -0.1) is 0 Å². The van der Waals surface area contributed by atoms with Crippen LogP contribution in [0.15, 0.2) is 0 Å². The van der Waals surface area contributed by atoms with Crippen molar-refractivity contribution in [2.45, 2.75) is 262 Å². The van der Waals surface area contributed by atoms with E-state index in [1.54, 1.807) is 6.92 Å². The van der Waals surface area contributed by atoms with Crippen LogP contribution in [0.1, 0.15) is 208 Å². The predicted molar refractivity (Wildman–Crippen MR) is 355 cm³/mol. The number of carbonyl (C=O) groups excluding carboxylic acids is 9. The standard InChI is InChI=1S/C61H115N19O14/c1-6-8-9-10-11-12-13-14-15-16-17-18-19-29-48(82)74-41(26-22-33-69-59(63)64)52(88)78-45(30-31-49(83)84)56(92)75-42(25-20-21-32-62)53(89)76-43(27-23-34-70-60(65)66)54(90)77-44(28-24-35-71-61(67)68)55(91)80-47(37-81)58(94)73-40(5)51(87)79-46(36-50(85)86)57(93)72-39(4)38(3)7-2/h38-47,81H,6-37,62H2,1-5H3,(H,72,93)(H,73,94)(H,74,82)(H,75,92)(H,76,89)(H,77,90)(H,78,88)(H,79,87)(H,80,91)(H,83,84)(H,85,86)(H4,63,64,69)(H4,65,66,70)(H4,67,68,71)/t38-,39+,40-,41-,42-,43?,44-,45-,46-,47-/m0/s1. The third kappa shape index (κ3) is 41.5. The highest BCUT2D eigenvalue weighted by Gasteiger charge is 2.35. The van der Waals surface area contributed by atoms with Gasteiger partial charge in [0.25, 0.3) is 0 Å². The van der Waals surface area contributed by atoms with Crippen LogP contribution in [0.5, 0.6) is 0 Å². The van der Waals surface area contributed by atoms with Gasteiger partial charge in [-0.05, 0) is 96.9 Å². The van der Waals surface area contributed by atoms with Gasteiger partial charge in [0.05, 0.1) is 13.0 Å². The van der Waals surface area contributed by atoms with Crippen LogP contribution in [0.2, 0.25) is 0 Å². The van der Waals surface area contributed by atoms with Crippen molar-refractivity contribution in [3.8, 4) is 0 Å². The van der Waals surface area contributed by atoms with E-state index in [-0.39, 0.29) is 102 Å². The van der Waals surface area contributed by atoms with Gasteiger partial charge in [0.1, 0.15) is 48.3 Å². The normalized spacial score (nSPS) is 14.2. The van der Waals surface area contributed by atoms with Gasteiger partial charge in [-0.3, -0.25) is 69.0 Å². The molecule has 0 aromatic rings. The second-order valence-corrected chi connectivity index (χ2v) is 23.8. The summed E-state index contributed by atoms with van der Waals surface area (Å²) < 4.78 is 0. The maximum Gasteiger partial charge on any atom is 0.305 e. The van der Waals surface area contributed by atoms with Crippen molar-refractivity contribution >= 4 is 83.0 Å². The molecule has 10 atom stereocenters. The second-order valence-electron chi connectivity index (χ2n) is 23.8. The van der Waals surface area contributed by atoms with E-state index in [0.717, 1.165) is 32.1 Å². The lowest BCUT2D eigenvalue weighted by molar-refractivity contribution is -0.141. The number of rotatable bonds is 55. The van der Waals surface area contributed by atoms with Gasteiger partial charge in [-0.25, -0.2) is 0 Å². The van der Waals surface area contributed by atoms with Crippen molar-refractivity contribution in [3.63, 3.8) is 0 Å². The van der Waals surface area contributed by atoms with E-state index in [9.17, 15) is 68.1 Å².